The molecule has 1 aliphatic rings. The van der Waals surface area contributed by atoms with E-state index in [2.05, 4.69) is 10.6 Å². The molecule has 0 saturated carbocycles. The number of halogens is 1. The molecule has 2 N–H and O–H groups in total. The summed E-state index contributed by atoms with van der Waals surface area (Å²) in [6.45, 7) is 2.51. The zero-order chi connectivity index (χ0) is 17.8. The monoisotopic (exact) mass is 345 g/mol. The first kappa shape index (κ1) is 17.0. The molecule has 1 aromatic heterocycles. The van der Waals surface area contributed by atoms with Crippen LogP contribution in [0.1, 0.15) is 24.2 Å². The van der Waals surface area contributed by atoms with Gasteiger partial charge in [0.15, 0.2) is 0 Å². The normalized spacial score (nSPS) is 16.7. The summed E-state index contributed by atoms with van der Waals surface area (Å²) in [6, 6.07) is 6.82. The van der Waals surface area contributed by atoms with Crippen LogP contribution in [0.15, 0.2) is 41.0 Å². The second kappa shape index (κ2) is 7.38. The second-order valence-corrected chi connectivity index (χ2v) is 6.04. The van der Waals surface area contributed by atoms with Crippen LogP contribution in [0.5, 0.6) is 0 Å². The highest BCUT2D eigenvalue weighted by molar-refractivity contribution is 5.94. The van der Waals surface area contributed by atoms with Crippen LogP contribution in [0.2, 0.25) is 0 Å². The third-order valence-corrected chi connectivity index (χ3v) is 4.26. The number of carbonyl (C=O) groups excluding carboxylic acids is 2. The van der Waals surface area contributed by atoms with Gasteiger partial charge in [0.05, 0.1) is 12.8 Å². The lowest BCUT2D eigenvalue weighted by Crippen LogP contribution is -2.47. The number of carbonyl (C=O) groups is 2. The number of urea groups is 1. The van der Waals surface area contributed by atoms with Gasteiger partial charge in [-0.2, -0.15) is 0 Å². The molecule has 1 aliphatic heterocycles. The Morgan fingerprint density at radius 1 is 1.36 bits per heavy atom. The summed E-state index contributed by atoms with van der Waals surface area (Å²) in [5.41, 5.74) is 1.17. The molecule has 1 aromatic carbocycles. The average Bonchev–Trinajstić information content (AvgIpc) is 3.26. The fourth-order valence-electron chi connectivity index (χ4n) is 2.94. The third-order valence-electron chi connectivity index (χ3n) is 4.26. The lowest BCUT2D eigenvalue weighted by atomic mass is 10.2. The number of hydrogen-bond acceptors (Lipinski definition) is 3. The molecule has 2 aromatic rings. The quantitative estimate of drug-likeness (QED) is 0.894. The van der Waals surface area contributed by atoms with E-state index in [1.165, 1.54) is 23.1 Å². The number of benzene rings is 1. The van der Waals surface area contributed by atoms with Crippen LogP contribution in [0, 0.1) is 12.7 Å². The Hall–Kier alpha value is -2.83. The molecule has 1 atom stereocenters. The van der Waals surface area contributed by atoms with E-state index in [4.69, 9.17) is 4.42 Å². The Morgan fingerprint density at radius 3 is 2.92 bits per heavy atom. The van der Waals surface area contributed by atoms with Crippen molar-refractivity contribution in [1.82, 2.24) is 10.2 Å². The predicted octanol–water partition coefficient (Wildman–Crippen LogP) is 3.04. The molecule has 3 rings (SSSR count). The van der Waals surface area contributed by atoms with Crippen molar-refractivity contribution in [2.24, 2.45) is 0 Å². The van der Waals surface area contributed by atoms with Crippen LogP contribution < -0.4 is 10.6 Å². The van der Waals surface area contributed by atoms with Crippen molar-refractivity contribution in [1.29, 1.82) is 0 Å². The summed E-state index contributed by atoms with van der Waals surface area (Å²) in [4.78, 5) is 26.4. The summed E-state index contributed by atoms with van der Waals surface area (Å²) < 4.78 is 18.4. The van der Waals surface area contributed by atoms with Gasteiger partial charge in [-0.3, -0.25) is 4.79 Å². The van der Waals surface area contributed by atoms with Gasteiger partial charge in [-0.15, -0.1) is 0 Å². The topological polar surface area (TPSA) is 74.6 Å². The molecule has 1 fully saturated rings. The minimum atomic E-state index is -0.518. The van der Waals surface area contributed by atoms with Crippen molar-refractivity contribution in [3.8, 4) is 0 Å². The van der Waals surface area contributed by atoms with E-state index in [1.54, 1.807) is 25.3 Å². The maximum atomic E-state index is 13.2. The lowest BCUT2D eigenvalue weighted by Gasteiger charge is -2.24. The standard InChI is InChI=1S/C18H20FN3O3/c1-12-10-13(19)6-7-15(12)21-18(24)22-8-2-5-16(22)17(23)20-11-14-4-3-9-25-14/h3-4,6-7,9-10,16H,2,5,8,11H2,1H3,(H,20,23)(H,21,24)/t16-/m0/s1. The zero-order valence-electron chi connectivity index (χ0n) is 13.9. The summed E-state index contributed by atoms with van der Waals surface area (Å²) in [5.74, 6) is 0.0935. The fraction of sp³-hybridized carbons (Fsp3) is 0.333. The van der Waals surface area contributed by atoms with Gasteiger partial charge < -0.3 is 20.0 Å². The largest absolute Gasteiger partial charge is 0.467 e. The van der Waals surface area contributed by atoms with Gasteiger partial charge in [-0.1, -0.05) is 0 Å². The van der Waals surface area contributed by atoms with Gasteiger partial charge in [-0.25, -0.2) is 9.18 Å². The maximum absolute atomic E-state index is 13.2. The summed E-state index contributed by atoms with van der Waals surface area (Å²) in [6.07, 6.45) is 2.91. The third kappa shape index (κ3) is 3.99. The number of rotatable bonds is 4. The predicted molar refractivity (Wildman–Crippen MR) is 90.4 cm³/mol. The molecular weight excluding hydrogens is 325 g/mol. The van der Waals surface area contributed by atoms with Crippen molar-refractivity contribution in [3.63, 3.8) is 0 Å². The molecular formula is C18H20FN3O3. The van der Waals surface area contributed by atoms with Crippen molar-refractivity contribution in [3.05, 3.63) is 53.7 Å². The van der Waals surface area contributed by atoms with Crippen LogP contribution >= 0.6 is 0 Å². The Kier molecular flexibility index (Phi) is 5.02. The SMILES string of the molecule is Cc1cc(F)ccc1NC(=O)N1CCC[C@H]1C(=O)NCc1ccco1. The fourth-order valence-corrected chi connectivity index (χ4v) is 2.94. The Balaban J connectivity index is 1.61. The van der Waals surface area contributed by atoms with E-state index in [9.17, 15) is 14.0 Å². The molecule has 0 bridgehead atoms. The van der Waals surface area contributed by atoms with Gasteiger partial charge in [0, 0.05) is 12.2 Å². The van der Waals surface area contributed by atoms with Crippen LogP contribution in [-0.4, -0.2) is 29.4 Å². The van der Waals surface area contributed by atoms with E-state index in [0.717, 1.165) is 6.42 Å². The van der Waals surface area contributed by atoms with E-state index in [-0.39, 0.29) is 24.3 Å². The molecule has 2 heterocycles. The van der Waals surface area contributed by atoms with Crippen molar-refractivity contribution < 1.29 is 18.4 Å². The molecule has 0 unspecified atom stereocenters. The first-order chi connectivity index (χ1) is 12.0. The molecule has 6 nitrogen and oxygen atoms in total. The molecule has 0 aliphatic carbocycles. The average molecular weight is 345 g/mol. The highest BCUT2D eigenvalue weighted by Crippen LogP contribution is 2.21. The van der Waals surface area contributed by atoms with Crippen LogP contribution in [0.4, 0.5) is 14.9 Å². The molecule has 1 saturated heterocycles. The summed E-state index contributed by atoms with van der Waals surface area (Å²) in [5, 5.41) is 5.55. The van der Waals surface area contributed by atoms with Gasteiger partial charge in [-0.05, 0) is 55.7 Å². The second-order valence-electron chi connectivity index (χ2n) is 6.04. The van der Waals surface area contributed by atoms with E-state index in [0.29, 0.717) is 30.0 Å². The number of nitrogens with zero attached hydrogens (tertiary/aromatic N) is 1. The first-order valence-corrected chi connectivity index (χ1v) is 8.18. The van der Waals surface area contributed by atoms with E-state index < -0.39 is 6.04 Å². The first-order valence-electron chi connectivity index (χ1n) is 8.18. The van der Waals surface area contributed by atoms with Crippen LogP contribution in [0.3, 0.4) is 0 Å². The van der Waals surface area contributed by atoms with Crippen LogP contribution in [-0.2, 0) is 11.3 Å². The van der Waals surface area contributed by atoms with Crippen molar-refractivity contribution in [2.75, 3.05) is 11.9 Å². The molecule has 3 amide bonds. The maximum Gasteiger partial charge on any atom is 0.322 e. The number of anilines is 1. The molecule has 0 radical (unpaired) electrons. The minimum Gasteiger partial charge on any atom is -0.467 e. The number of aryl methyl sites for hydroxylation is 1. The summed E-state index contributed by atoms with van der Waals surface area (Å²) in [7, 11) is 0. The number of likely N-dealkylation sites (tertiary alicyclic amines) is 1. The van der Waals surface area contributed by atoms with Gasteiger partial charge in [0.25, 0.3) is 0 Å². The molecule has 7 heteroatoms. The van der Waals surface area contributed by atoms with Gasteiger partial charge >= 0.3 is 6.03 Å². The van der Waals surface area contributed by atoms with Crippen molar-refractivity contribution >= 4 is 17.6 Å². The lowest BCUT2D eigenvalue weighted by molar-refractivity contribution is -0.124. The highest BCUT2D eigenvalue weighted by atomic mass is 19.1. The van der Waals surface area contributed by atoms with Crippen LogP contribution in [0.25, 0.3) is 0 Å². The Labute approximate surface area is 145 Å². The van der Waals surface area contributed by atoms with Crippen molar-refractivity contribution in [2.45, 2.75) is 32.4 Å². The number of furan rings is 1. The Bertz CT molecular complexity index is 761. The summed E-state index contributed by atoms with van der Waals surface area (Å²) >= 11 is 0. The smallest absolute Gasteiger partial charge is 0.322 e. The number of nitrogens with one attached hydrogen (secondary N) is 2. The minimum absolute atomic E-state index is 0.208. The molecule has 25 heavy (non-hydrogen) atoms. The van der Waals surface area contributed by atoms with Gasteiger partial charge in [0.2, 0.25) is 5.91 Å². The highest BCUT2D eigenvalue weighted by Gasteiger charge is 2.34. The van der Waals surface area contributed by atoms with E-state index in [1.807, 2.05) is 0 Å². The Morgan fingerprint density at radius 2 is 2.20 bits per heavy atom. The molecule has 0 spiro atoms. The van der Waals surface area contributed by atoms with Gasteiger partial charge in [0.1, 0.15) is 17.6 Å². The number of hydrogen-bond donors (Lipinski definition) is 2. The number of amides is 3. The molecule has 132 valence electrons. The van der Waals surface area contributed by atoms with E-state index >= 15 is 0 Å². The zero-order valence-corrected chi connectivity index (χ0v) is 13.9.